The number of benzene rings is 1. The van der Waals surface area contributed by atoms with Crippen LogP contribution in [0.2, 0.25) is 0 Å². The van der Waals surface area contributed by atoms with Gasteiger partial charge in [-0.15, -0.1) is 0 Å². The molecule has 4 nitrogen and oxygen atoms in total. The summed E-state index contributed by atoms with van der Waals surface area (Å²) in [4.78, 5) is 0. The highest BCUT2D eigenvalue weighted by atomic mass is 32.2. The lowest BCUT2D eigenvalue weighted by atomic mass is 10.2. The van der Waals surface area contributed by atoms with Crippen molar-refractivity contribution in [3.8, 4) is 0 Å². The normalized spacial score (nSPS) is 12.5. The van der Waals surface area contributed by atoms with Gasteiger partial charge in [-0.1, -0.05) is 6.07 Å². The molecule has 18 heavy (non-hydrogen) atoms. The third kappa shape index (κ3) is 3.61. The van der Waals surface area contributed by atoms with Gasteiger partial charge in [0.25, 0.3) is 0 Å². The molecule has 0 aliphatic carbocycles. The van der Waals surface area contributed by atoms with E-state index in [4.69, 9.17) is 5.73 Å². The summed E-state index contributed by atoms with van der Waals surface area (Å²) in [5.74, 6) is 0. The second-order valence-electron chi connectivity index (χ2n) is 3.67. The third-order valence-corrected chi connectivity index (χ3v) is 3.39. The molecule has 0 saturated carbocycles. The molecule has 0 unspecified atom stereocenters. The lowest BCUT2D eigenvalue weighted by molar-refractivity contribution is -0.137. The number of hydrogen-bond donors (Lipinski definition) is 1. The molecule has 8 heteroatoms. The van der Waals surface area contributed by atoms with Crippen molar-refractivity contribution in [3.63, 3.8) is 0 Å². The Hall–Kier alpha value is -1.28. The number of sulfonamides is 1. The lowest BCUT2D eigenvalue weighted by Crippen LogP contribution is -2.34. The molecule has 1 aromatic carbocycles. The van der Waals surface area contributed by atoms with Gasteiger partial charge in [-0.2, -0.15) is 13.2 Å². The van der Waals surface area contributed by atoms with E-state index < -0.39 is 21.8 Å². The van der Waals surface area contributed by atoms with Crippen molar-refractivity contribution >= 4 is 15.7 Å². The molecule has 102 valence electrons. The zero-order valence-corrected chi connectivity index (χ0v) is 10.4. The van der Waals surface area contributed by atoms with E-state index in [1.165, 1.54) is 6.07 Å². The summed E-state index contributed by atoms with van der Waals surface area (Å²) in [6.07, 6.45) is -3.59. The molecule has 0 amide bonds. The summed E-state index contributed by atoms with van der Waals surface area (Å²) in [7, 11) is -3.66. The standard InChI is InChI=1S/C10H13F3N2O2S/c1-18(16,17)15(6-5-14)9-4-2-3-8(7-9)10(11,12)13/h2-4,7H,5-6,14H2,1H3. The average Bonchev–Trinajstić information content (AvgIpc) is 2.23. The second-order valence-corrected chi connectivity index (χ2v) is 5.58. The molecule has 2 N–H and O–H groups in total. The number of alkyl halides is 3. The van der Waals surface area contributed by atoms with Crippen molar-refractivity contribution in [2.24, 2.45) is 5.73 Å². The van der Waals surface area contributed by atoms with Gasteiger partial charge in [0.05, 0.1) is 17.5 Å². The largest absolute Gasteiger partial charge is 0.416 e. The van der Waals surface area contributed by atoms with Gasteiger partial charge in [0, 0.05) is 13.1 Å². The lowest BCUT2D eigenvalue weighted by Gasteiger charge is -2.22. The first kappa shape index (κ1) is 14.8. The van der Waals surface area contributed by atoms with Crippen molar-refractivity contribution in [1.29, 1.82) is 0 Å². The van der Waals surface area contributed by atoms with Gasteiger partial charge in [-0.3, -0.25) is 4.31 Å². The minimum absolute atomic E-state index is 0.0172. The van der Waals surface area contributed by atoms with Crippen LogP contribution in [-0.4, -0.2) is 27.8 Å². The number of hydrogen-bond acceptors (Lipinski definition) is 3. The maximum Gasteiger partial charge on any atom is 0.416 e. The summed E-state index contributed by atoms with van der Waals surface area (Å²) < 4.78 is 61.4. The molecule has 0 aromatic heterocycles. The summed E-state index contributed by atoms with van der Waals surface area (Å²) >= 11 is 0. The van der Waals surface area contributed by atoms with Crippen LogP contribution in [0.4, 0.5) is 18.9 Å². The zero-order valence-electron chi connectivity index (χ0n) is 9.61. The molecular formula is C10H13F3N2O2S. The highest BCUT2D eigenvalue weighted by Gasteiger charge is 2.31. The minimum Gasteiger partial charge on any atom is -0.329 e. The molecule has 0 spiro atoms. The van der Waals surface area contributed by atoms with Crippen LogP contribution in [0.25, 0.3) is 0 Å². The fraction of sp³-hybridized carbons (Fsp3) is 0.400. The van der Waals surface area contributed by atoms with E-state index >= 15 is 0 Å². The van der Waals surface area contributed by atoms with Crippen LogP contribution < -0.4 is 10.0 Å². The van der Waals surface area contributed by atoms with Crippen molar-refractivity contribution in [3.05, 3.63) is 29.8 Å². The smallest absolute Gasteiger partial charge is 0.329 e. The summed E-state index contributed by atoms with van der Waals surface area (Å²) in [6.45, 7) is -0.0521. The maximum absolute atomic E-state index is 12.5. The highest BCUT2D eigenvalue weighted by molar-refractivity contribution is 7.92. The van der Waals surface area contributed by atoms with Gasteiger partial charge < -0.3 is 5.73 Å². The van der Waals surface area contributed by atoms with Gasteiger partial charge in [0.2, 0.25) is 10.0 Å². The fourth-order valence-corrected chi connectivity index (χ4v) is 2.37. The molecule has 0 aliphatic heterocycles. The Balaban J connectivity index is 3.23. The van der Waals surface area contributed by atoms with E-state index in [9.17, 15) is 21.6 Å². The Labute approximate surface area is 103 Å². The molecule has 1 rings (SSSR count). The molecule has 1 aromatic rings. The van der Waals surface area contributed by atoms with Gasteiger partial charge in [-0.25, -0.2) is 8.42 Å². The molecule has 0 fully saturated rings. The first-order chi connectivity index (χ1) is 8.16. The first-order valence-electron chi connectivity index (χ1n) is 5.01. The molecule has 0 aliphatic rings. The number of nitrogens with two attached hydrogens (primary N) is 1. The van der Waals surface area contributed by atoms with Crippen LogP contribution in [0.5, 0.6) is 0 Å². The SMILES string of the molecule is CS(=O)(=O)N(CCN)c1cccc(C(F)(F)F)c1. The van der Waals surface area contributed by atoms with Crippen LogP contribution in [-0.2, 0) is 16.2 Å². The van der Waals surface area contributed by atoms with Crippen molar-refractivity contribution in [1.82, 2.24) is 0 Å². The molecule has 0 bridgehead atoms. The average molecular weight is 282 g/mol. The minimum atomic E-state index is -4.51. The van der Waals surface area contributed by atoms with E-state index in [0.717, 1.165) is 28.8 Å². The second kappa shape index (κ2) is 5.15. The monoisotopic (exact) mass is 282 g/mol. The molecule has 0 radical (unpaired) electrons. The highest BCUT2D eigenvalue weighted by Crippen LogP contribution is 2.32. The quantitative estimate of drug-likeness (QED) is 0.908. The third-order valence-electron chi connectivity index (χ3n) is 2.19. The van der Waals surface area contributed by atoms with Crippen LogP contribution >= 0.6 is 0 Å². The summed E-state index contributed by atoms with van der Waals surface area (Å²) in [6, 6.07) is 4.13. The van der Waals surface area contributed by atoms with Crippen LogP contribution in [0, 0.1) is 0 Å². The van der Waals surface area contributed by atoms with Gasteiger partial charge in [0.1, 0.15) is 0 Å². The molecule has 0 heterocycles. The van der Waals surface area contributed by atoms with Crippen LogP contribution in [0.3, 0.4) is 0 Å². The summed E-state index contributed by atoms with van der Waals surface area (Å²) in [5, 5.41) is 0. The molecule has 0 atom stereocenters. The van der Waals surface area contributed by atoms with Gasteiger partial charge in [0.15, 0.2) is 0 Å². The van der Waals surface area contributed by atoms with Crippen molar-refractivity contribution in [2.45, 2.75) is 6.18 Å². The Morgan fingerprint density at radius 2 is 1.94 bits per heavy atom. The van der Waals surface area contributed by atoms with Crippen LogP contribution in [0.1, 0.15) is 5.56 Å². The Bertz CT molecular complexity index is 514. The van der Waals surface area contributed by atoms with Crippen molar-refractivity contribution < 1.29 is 21.6 Å². The zero-order chi connectivity index (χ0) is 14.0. The molecular weight excluding hydrogens is 269 g/mol. The topological polar surface area (TPSA) is 63.4 Å². The Morgan fingerprint density at radius 1 is 1.33 bits per heavy atom. The molecule has 0 saturated heterocycles. The predicted octanol–water partition coefficient (Wildman–Crippen LogP) is 1.43. The number of anilines is 1. The number of halogens is 3. The van der Waals surface area contributed by atoms with Gasteiger partial charge >= 0.3 is 6.18 Å². The Kier molecular flexibility index (Phi) is 4.23. The Morgan fingerprint density at radius 3 is 2.39 bits per heavy atom. The maximum atomic E-state index is 12.5. The van der Waals surface area contributed by atoms with E-state index in [-0.39, 0.29) is 18.8 Å². The van der Waals surface area contributed by atoms with Crippen LogP contribution in [0.15, 0.2) is 24.3 Å². The van der Waals surface area contributed by atoms with Gasteiger partial charge in [-0.05, 0) is 18.2 Å². The number of nitrogens with zero attached hydrogens (tertiary/aromatic N) is 1. The van der Waals surface area contributed by atoms with E-state index in [0.29, 0.717) is 0 Å². The van der Waals surface area contributed by atoms with Crippen molar-refractivity contribution in [2.75, 3.05) is 23.7 Å². The fourth-order valence-electron chi connectivity index (χ4n) is 1.44. The van der Waals surface area contributed by atoms with E-state index in [2.05, 4.69) is 0 Å². The number of rotatable bonds is 4. The first-order valence-corrected chi connectivity index (χ1v) is 6.86. The predicted molar refractivity (Wildman–Crippen MR) is 62.7 cm³/mol. The summed E-state index contributed by atoms with van der Waals surface area (Å²) in [5.41, 5.74) is 4.32. The van der Waals surface area contributed by atoms with E-state index in [1.54, 1.807) is 0 Å². The van der Waals surface area contributed by atoms with E-state index in [1.807, 2.05) is 0 Å².